The van der Waals surface area contributed by atoms with Gasteiger partial charge in [0.2, 0.25) is 0 Å². The Kier molecular flexibility index (Phi) is 7.71. The van der Waals surface area contributed by atoms with Crippen molar-refractivity contribution < 1.29 is 0 Å². The molecule has 0 amide bonds. The number of hydrogen-bond donors (Lipinski definition) is 0. The van der Waals surface area contributed by atoms with E-state index in [0.717, 1.165) is 0 Å². The fourth-order valence-electron chi connectivity index (χ4n) is 1.23. The van der Waals surface area contributed by atoms with Crippen LogP contribution in [0.15, 0.2) is 23.8 Å². The fourth-order valence-corrected chi connectivity index (χ4v) is 1.23. The van der Waals surface area contributed by atoms with Gasteiger partial charge in [-0.2, -0.15) is 0 Å². The molecule has 0 radical (unpaired) electrons. The van der Waals surface area contributed by atoms with Crippen molar-refractivity contribution in [2.45, 2.75) is 33.1 Å². The molecule has 0 aromatic carbocycles. The smallest absolute Gasteiger partial charge is 0.00126 e. The number of allylic oxidation sites excluding steroid dienone is 3. The Bertz CT molecular complexity index is 166. The average molecular weight is 181 g/mol. The van der Waals surface area contributed by atoms with Crippen LogP contribution in [0.25, 0.3) is 0 Å². The van der Waals surface area contributed by atoms with Gasteiger partial charge in [-0.3, -0.25) is 0 Å². The van der Waals surface area contributed by atoms with E-state index in [1.807, 2.05) is 13.8 Å². The topological polar surface area (TPSA) is 3.24 Å². The van der Waals surface area contributed by atoms with Crippen molar-refractivity contribution in [2.75, 3.05) is 20.6 Å². The maximum Gasteiger partial charge on any atom is 0.00126 e. The summed E-state index contributed by atoms with van der Waals surface area (Å²) in [5, 5.41) is 0. The molecule has 0 aliphatic heterocycles. The Morgan fingerprint density at radius 2 is 2.00 bits per heavy atom. The molecule has 0 spiro atoms. The summed E-state index contributed by atoms with van der Waals surface area (Å²) in [7, 11) is 4.25. The second-order valence-electron chi connectivity index (χ2n) is 3.35. The van der Waals surface area contributed by atoms with Crippen LogP contribution < -0.4 is 0 Å². The molecule has 1 heteroatoms. The molecular formula is C12H23N. The highest BCUT2D eigenvalue weighted by molar-refractivity contribution is 5.17. The molecule has 0 aromatic heterocycles. The fraction of sp³-hybridized carbons (Fsp3) is 0.667. The minimum absolute atomic E-state index is 1.18. The molecule has 0 heterocycles. The van der Waals surface area contributed by atoms with Crippen molar-refractivity contribution in [3.8, 4) is 0 Å². The Morgan fingerprint density at radius 1 is 1.31 bits per heavy atom. The van der Waals surface area contributed by atoms with Gasteiger partial charge >= 0.3 is 0 Å². The highest BCUT2D eigenvalue weighted by Gasteiger charge is 1.99. The second kappa shape index (κ2) is 8.06. The average Bonchev–Trinajstić information content (AvgIpc) is 2.19. The van der Waals surface area contributed by atoms with Crippen molar-refractivity contribution in [1.29, 1.82) is 0 Å². The van der Waals surface area contributed by atoms with Gasteiger partial charge in [0.1, 0.15) is 0 Å². The van der Waals surface area contributed by atoms with Crippen LogP contribution in [0.5, 0.6) is 0 Å². The van der Waals surface area contributed by atoms with E-state index in [9.17, 15) is 0 Å². The normalized spacial score (nSPS) is 15.0. The van der Waals surface area contributed by atoms with E-state index in [4.69, 9.17) is 0 Å². The summed E-state index contributed by atoms with van der Waals surface area (Å²) >= 11 is 0. The Hall–Kier alpha value is -0.560. The summed E-state index contributed by atoms with van der Waals surface area (Å²) in [4.78, 5) is 2.24. The third-order valence-electron chi connectivity index (χ3n) is 1.98. The van der Waals surface area contributed by atoms with Crippen LogP contribution >= 0.6 is 0 Å². The van der Waals surface area contributed by atoms with Gasteiger partial charge in [0.15, 0.2) is 0 Å². The first-order chi connectivity index (χ1) is 6.29. The van der Waals surface area contributed by atoms with Crippen molar-refractivity contribution in [2.24, 2.45) is 0 Å². The minimum atomic E-state index is 1.18. The molecule has 0 saturated heterocycles. The van der Waals surface area contributed by atoms with Crippen molar-refractivity contribution in [1.82, 2.24) is 4.90 Å². The van der Waals surface area contributed by atoms with Gasteiger partial charge < -0.3 is 4.90 Å². The molecule has 0 unspecified atom stereocenters. The Labute approximate surface area is 83.1 Å². The van der Waals surface area contributed by atoms with E-state index < -0.39 is 0 Å². The summed E-state index contributed by atoms with van der Waals surface area (Å²) < 4.78 is 0. The first kappa shape index (κ1) is 12.4. The third kappa shape index (κ3) is 6.59. The Balaban J connectivity index is 0.000000671. The SMILES string of the molecule is CC.CN(C)CCC1=CC=CCC1. The molecule has 0 bridgehead atoms. The van der Waals surface area contributed by atoms with Crippen LogP contribution in [0, 0.1) is 0 Å². The summed E-state index contributed by atoms with van der Waals surface area (Å²) in [6.07, 6.45) is 10.4. The number of nitrogens with zero attached hydrogens (tertiary/aromatic N) is 1. The van der Waals surface area contributed by atoms with Crippen molar-refractivity contribution >= 4 is 0 Å². The molecule has 1 aliphatic rings. The summed E-state index contributed by atoms with van der Waals surface area (Å²) in [6, 6.07) is 0. The molecule has 13 heavy (non-hydrogen) atoms. The van der Waals surface area contributed by atoms with Crippen molar-refractivity contribution in [3.05, 3.63) is 23.8 Å². The monoisotopic (exact) mass is 181 g/mol. The predicted molar refractivity (Wildman–Crippen MR) is 61.0 cm³/mol. The van der Waals surface area contributed by atoms with Crippen LogP contribution in [-0.4, -0.2) is 25.5 Å². The standard InChI is InChI=1S/C10H17N.C2H6/c1-11(2)9-8-10-6-4-3-5-7-10;1-2/h3-4,6H,5,7-9H2,1-2H3;1-2H3. The zero-order valence-electron chi connectivity index (χ0n) is 9.51. The van der Waals surface area contributed by atoms with E-state index >= 15 is 0 Å². The highest BCUT2D eigenvalue weighted by Crippen LogP contribution is 2.14. The van der Waals surface area contributed by atoms with Gasteiger partial charge in [-0.1, -0.05) is 37.6 Å². The lowest BCUT2D eigenvalue weighted by Gasteiger charge is -2.12. The van der Waals surface area contributed by atoms with E-state index in [1.165, 1.54) is 25.8 Å². The van der Waals surface area contributed by atoms with Crippen LogP contribution in [-0.2, 0) is 0 Å². The molecule has 0 aromatic rings. The largest absolute Gasteiger partial charge is 0.309 e. The van der Waals surface area contributed by atoms with Crippen molar-refractivity contribution in [3.63, 3.8) is 0 Å². The van der Waals surface area contributed by atoms with Gasteiger partial charge in [-0.05, 0) is 33.4 Å². The molecular weight excluding hydrogens is 158 g/mol. The summed E-state index contributed by atoms with van der Waals surface area (Å²) in [6.45, 7) is 5.18. The molecule has 0 fully saturated rings. The van der Waals surface area contributed by atoms with Crippen LogP contribution in [0.2, 0.25) is 0 Å². The zero-order chi connectivity index (χ0) is 10.1. The molecule has 0 atom stereocenters. The molecule has 0 N–H and O–H groups in total. The first-order valence-electron chi connectivity index (χ1n) is 5.28. The zero-order valence-corrected chi connectivity index (χ0v) is 9.51. The van der Waals surface area contributed by atoms with Gasteiger partial charge in [-0.25, -0.2) is 0 Å². The maximum absolute atomic E-state index is 2.26. The lowest BCUT2D eigenvalue weighted by Crippen LogP contribution is -2.13. The number of rotatable bonds is 3. The van der Waals surface area contributed by atoms with E-state index in [1.54, 1.807) is 5.57 Å². The summed E-state index contributed by atoms with van der Waals surface area (Å²) in [5.41, 5.74) is 1.60. The molecule has 1 rings (SSSR count). The van der Waals surface area contributed by atoms with E-state index in [-0.39, 0.29) is 0 Å². The molecule has 1 aliphatic carbocycles. The van der Waals surface area contributed by atoms with Crippen LogP contribution in [0.1, 0.15) is 33.1 Å². The van der Waals surface area contributed by atoms with Gasteiger partial charge in [0.05, 0.1) is 0 Å². The maximum atomic E-state index is 2.26. The van der Waals surface area contributed by atoms with Gasteiger partial charge in [0, 0.05) is 6.54 Å². The lowest BCUT2D eigenvalue weighted by molar-refractivity contribution is 0.411. The predicted octanol–water partition coefficient (Wildman–Crippen LogP) is 3.24. The second-order valence-corrected chi connectivity index (χ2v) is 3.35. The van der Waals surface area contributed by atoms with Crippen LogP contribution in [0.3, 0.4) is 0 Å². The third-order valence-corrected chi connectivity index (χ3v) is 1.98. The minimum Gasteiger partial charge on any atom is -0.309 e. The quantitative estimate of drug-likeness (QED) is 0.646. The molecule has 1 nitrogen and oxygen atoms in total. The first-order valence-corrected chi connectivity index (χ1v) is 5.28. The molecule has 0 saturated carbocycles. The highest BCUT2D eigenvalue weighted by atomic mass is 15.0. The van der Waals surface area contributed by atoms with Gasteiger partial charge in [-0.15, -0.1) is 0 Å². The van der Waals surface area contributed by atoms with Gasteiger partial charge in [0.25, 0.3) is 0 Å². The van der Waals surface area contributed by atoms with Crippen LogP contribution in [0.4, 0.5) is 0 Å². The summed E-state index contributed by atoms with van der Waals surface area (Å²) in [5.74, 6) is 0. The lowest BCUT2D eigenvalue weighted by atomic mass is 10.0. The van der Waals surface area contributed by atoms with E-state index in [0.29, 0.717) is 0 Å². The van der Waals surface area contributed by atoms with E-state index in [2.05, 4.69) is 37.2 Å². The number of hydrogen-bond acceptors (Lipinski definition) is 1. The molecule has 76 valence electrons. The Morgan fingerprint density at radius 3 is 2.46 bits per heavy atom.